The number of hydrogen-bond donors (Lipinski definition) is 2. The predicted molar refractivity (Wildman–Crippen MR) is 104 cm³/mol. The van der Waals surface area contributed by atoms with Gasteiger partial charge in [-0.25, -0.2) is 0 Å². The van der Waals surface area contributed by atoms with Crippen LogP contribution in [0.2, 0.25) is 0 Å². The normalized spacial score (nSPS) is 14.2. The number of nitrogens with one attached hydrogen (secondary N) is 2. The number of aliphatic imine (C=N–C) groups is 1. The van der Waals surface area contributed by atoms with Gasteiger partial charge < -0.3 is 10.6 Å². The van der Waals surface area contributed by atoms with Crippen molar-refractivity contribution in [2.45, 2.75) is 18.2 Å². The van der Waals surface area contributed by atoms with Gasteiger partial charge in [0, 0.05) is 35.7 Å². The first-order valence-corrected chi connectivity index (χ1v) is 10.3. The average molecular weight is 364 g/mol. The van der Waals surface area contributed by atoms with Crippen LogP contribution >= 0.6 is 11.3 Å². The van der Waals surface area contributed by atoms with Crippen molar-refractivity contribution in [2.24, 2.45) is 10.9 Å². The molecule has 2 unspecified atom stereocenters. The van der Waals surface area contributed by atoms with Gasteiger partial charge >= 0.3 is 0 Å². The first-order chi connectivity index (χ1) is 11.7. The molecule has 0 fully saturated rings. The van der Waals surface area contributed by atoms with E-state index in [9.17, 15) is 4.21 Å². The Hall–Kier alpha value is -1.66. The Balaban J connectivity index is 1.68. The molecule has 2 aromatic rings. The van der Waals surface area contributed by atoms with E-state index in [0.29, 0.717) is 18.2 Å². The Morgan fingerprint density at radius 1 is 1.21 bits per heavy atom. The molecule has 1 aromatic carbocycles. The third-order valence-electron chi connectivity index (χ3n) is 3.56. The SMILES string of the molecule is CN=C(NCCS(=O)c1ccccc1)NCC(C)Cc1cccs1. The molecule has 6 heteroatoms. The molecule has 0 saturated heterocycles. The number of guanidine groups is 1. The Labute approximate surface area is 150 Å². The fourth-order valence-electron chi connectivity index (χ4n) is 2.29. The lowest BCUT2D eigenvalue weighted by Crippen LogP contribution is -2.41. The van der Waals surface area contributed by atoms with Gasteiger partial charge in [0.1, 0.15) is 0 Å². The third kappa shape index (κ3) is 6.45. The maximum atomic E-state index is 12.2. The van der Waals surface area contributed by atoms with Gasteiger partial charge in [0.05, 0.1) is 10.8 Å². The lowest BCUT2D eigenvalue weighted by Gasteiger charge is -2.15. The largest absolute Gasteiger partial charge is 0.356 e. The van der Waals surface area contributed by atoms with Crippen LogP contribution in [0.1, 0.15) is 11.8 Å². The molecule has 1 aromatic heterocycles. The molecule has 0 radical (unpaired) electrons. The second kappa shape index (κ2) is 10.3. The molecule has 4 nitrogen and oxygen atoms in total. The Kier molecular flexibility index (Phi) is 7.98. The smallest absolute Gasteiger partial charge is 0.191 e. The van der Waals surface area contributed by atoms with Gasteiger partial charge in [0.2, 0.25) is 0 Å². The van der Waals surface area contributed by atoms with Crippen molar-refractivity contribution in [3.63, 3.8) is 0 Å². The van der Waals surface area contributed by atoms with Gasteiger partial charge in [0.15, 0.2) is 5.96 Å². The zero-order chi connectivity index (χ0) is 17.2. The van der Waals surface area contributed by atoms with Crippen LogP contribution in [-0.2, 0) is 17.2 Å². The maximum Gasteiger partial charge on any atom is 0.191 e. The van der Waals surface area contributed by atoms with Crippen molar-refractivity contribution in [1.29, 1.82) is 0 Å². The minimum Gasteiger partial charge on any atom is -0.356 e. The summed E-state index contributed by atoms with van der Waals surface area (Å²) >= 11 is 1.80. The molecule has 0 bridgehead atoms. The second-order valence-corrected chi connectivity index (χ2v) is 8.23. The molecule has 2 N–H and O–H groups in total. The molecule has 0 spiro atoms. The molecular formula is C18H25N3OS2. The summed E-state index contributed by atoms with van der Waals surface area (Å²) in [5.41, 5.74) is 0. The van der Waals surface area contributed by atoms with Crippen molar-refractivity contribution in [3.05, 3.63) is 52.7 Å². The third-order valence-corrected chi connectivity index (χ3v) is 5.83. The molecule has 0 aliphatic carbocycles. The Bertz CT molecular complexity index is 642. The van der Waals surface area contributed by atoms with Crippen LogP contribution in [-0.4, -0.2) is 36.1 Å². The summed E-state index contributed by atoms with van der Waals surface area (Å²) < 4.78 is 12.2. The van der Waals surface area contributed by atoms with E-state index in [-0.39, 0.29) is 0 Å². The maximum absolute atomic E-state index is 12.2. The molecule has 2 rings (SSSR count). The minimum absolute atomic E-state index is 0.528. The van der Waals surface area contributed by atoms with Crippen LogP contribution in [0.4, 0.5) is 0 Å². The van der Waals surface area contributed by atoms with Gasteiger partial charge in [0.25, 0.3) is 0 Å². The van der Waals surface area contributed by atoms with E-state index >= 15 is 0 Å². The highest BCUT2D eigenvalue weighted by molar-refractivity contribution is 7.85. The van der Waals surface area contributed by atoms with Crippen LogP contribution in [0, 0.1) is 5.92 Å². The number of nitrogens with zero attached hydrogens (tertiary/aromatic N) is 1. The van der Waals surface area contributed by atoms with Crippen LogP contribution < -0.4 is 10.6 Å². The quantitative estimate of drug-likeness (QED) is 0.560. The molecule has 2 atom stereocenters. The summed E-state index contributed by atoms with van der Waals surface area (Å²) in [5, 5.41) is 8.69. The van der Waals surface area contributed by atoms with Crippen LogP contribution in [0.15, 0.2) is 57.7 Å². The minimum atomic E-state index is -0.980. The van der Waals surface area contributed by atoms with Crippen molar-refractivity contribution < 1.29 is 4.21 Å². The summed E-state index contributed by atoms with van der Waals surface area (Å²) in [7, 11) is 0.777. The Morgan fingerprint density at radius 2 is 2.00 bits per heavy atom. The fraction of sp³-hybridized carbons (Fsp3) is 0.389. The van der Waals surface area contributed by atoms with Crippen LogP contribution in [0.3, 0.4) is 0 Å². The van der Waals surface area contributed by atoms with E-state index in [1.165, 1.54) is 4.88 Å². The van der Waals surface area contributed by atoms with E-state index in [4.69, 9.17) is 0 Å². The highest BCUT2D eigenvalue weighted by Crippen LogP contribution is 2.13. The lowest BCUT2D eigenvalue weighted by molar-refractivity contribution is 0.563. The summed E-state index contributed by atoms with van der Waals surface area (Å²) in [5.74, 6) is 1.86. The van der Waals surface area contributed by atoms with Gasteiger partial charge in [-0.3, -0.25) is 9.20 Å². The first kappa shape index (κ1) is 18.7. The van der Waals surface area contributed by atoms with Gasteiger partial charge in [-0.05, 0) is 35.9 Å². The van der Waals surface area contributed by atoms with Crippen molar-refractivity contribution in [2.75, 3.05) is 25.9 Å². The topological polar surface area (TPSA) is 53.5 Å². The number of hydrogen-bond acceptors (Lipinski definition) is 3. The van der Waals surface area contributed by atoms with Crippen molar-refractivity contribution >= 4 is 28.1 Å². The molecule has 130 valence electrons. The molecule has 0 amide bonds. The predicted octanol–water partition coefficient (Wildman–Crippen LogP) is 2.90. The average Bonchev–Trinajstić information content (AvgIpc) is 3.11. The summed E-state index contributed by atoms with van der Waals surface area (Å²) in [4.78, 5) is 6.50. The van der Waals surface area contributed by atoms with E-state index < -0.39 is 10.8 Å². The monoisotopic (exact) mass is 363 g/mol. The van der Waals surface area contributed by atoms with E-state index in [1.54, 1.807) is 18.4 Å². The van der Waals surface area contributed by atoms with Gasteiger partial charge in [-0.15, -0.1) is 11.3 Å². The van der Waals surface area contributed by atoms with Crippen molar-refractivity contribution in [1.82, 2.24) is 10.6 Å². The fourth-order valence-corrected chi connectivity index (χ4v) is 4.14. The second-order valence-electron chi connectivity index (χ2n) is 5.63. The first-order valence-electron chi connectivity index (χ1n) is 8.09. The summed E-state index contributed by atoms with van der Waals surface area (Å²) in [6.45, 7) is 3.71. The molecule has 0 saturated carbocycles. The zero-order valence-corrected chi connectivity index (χ0v) is 15.8. The molecular weight excluding hydrogens is 338 g/mol. The molecule has 0 aliphatic rings. The number of thiophene rings is 1. The Morgan fingerprint density at radius 3 is 2.67 bits per heavy atom. The number of benzene rings is 1. The van der Waals surface area contributed by atoms with E-state index in [0.717, 1.165) is 23.8 Å². The van der Waals surface area contributed by atoms with Crippen LogP contribution in [0.25, 0.3) is 0 Å². The highest BCUT2D eigenvalue weighted by atomic mass is 32.2. The molecule has 0 aliphatic heterocycles. The zero-order valence-electron chi connectivity index (χ0n) is 14.2. The lowest BCUT2D eigenvalue weighted by atomic mass is 10.1. The number of rotatable bonds is 8. The standard InChI is InChI=1S/C18H25N3OS2/c1-15(13-16-7-6-11-23-16)14-21-18(19-2)20-10-12-24(22)17-8-4-3-5-9-17/h3-9,11,15H,10,12-14H2,1-2H3,(H2,19,20,21). The van der Waals surface area contributed by atoms with E-state index in [1.807, 2.05) is 30.3 Å². The summed E-state index contributed by atoms with van der Waals surface area (Å²) in [6, 6.07) is 13.8. The van der Waals surface area contributed by atoms with E-state index in [2.05, 4.69) is 40.1 Å². The molecule has 1 heterocycles. The molecule has 24 heavy (non-hydrogen) atoms. The van der Waals surface area contributed by atoms with Gasteiger partial charge in [-0.2, -0.15) is 0 Å². The van der Waals surface area contributed by atoms with Crippen molar-refractivity contribution in [3.8, 4) is 0 Å². The summed E-state index contributed by atoms with van der Waals surface area (Å²) in [6.07, 6.45) is 1.07. The van der Waals surface area contributed by atoms with Gasteiger partial charge in [-0.1, -0.05) is 31.2 Å². The van der Waals surface area contributed by atoms with Crippen LogP contribution in [0.5, 0.6) is 0 Å². The highest BCUT2D eigenvalue weighted by Gasteiger charge is 2.07.